The first-order valence-corrected chi connectivity index (χ1v) is 7.10. The second-order valence-corrected chi connectivity index (χ2v) is 5.48. The van der Waals surface area contributed by atoms with E-state index in [2.05, 4.69) is 32.9 Å². The predicted molar refractivity (Wildman–Crippen MR) is 77.5 cm³/mol. The predicted octanol–water partition coefficient (Wildman–Crippen LogP) is 3.13. The van der Waals surface area contributed by atoms with Crippen molar-refractivity contribution < 1.29 is 9.47 Å². The lowest BCUT2D eigenvalue weighted by Crippen LogP contribution is -2.28. The van der Waals surface area contributed by atoms with Gasteiger partial charge in [-0.3, -0.25) is 0 Å². The summed E-state index contributed by atoms with van der Waals surface area (Å²) in [6.45, 7) is 7.15. The zero-order chi connectivity index (χ0) is 14.0. The molecular weight excluding hydrogens is 238 g/mol. The molecule has 0 spiro atoms. The Hall–Kier alpha value is -1.06. The normalized spacial score (nSPS) is 24.5. The Labute approximate surface area is 116 Å². The average molecular weight is 263 g/mol. The summed E-state index contributed by atoms with van der Waals surface area (Å²) in [7, 11) is 1.72. The van der Waals surface area contributed by atoms with E-state index in [0.29, 0.717) is 12.0 Å². The molecule has 2 N–H and O–H groups in total. The van der Waals surface area contributed by atoms with Crippen LogP contribution in [0.15, 0.2) is 12.1 Å². The van der Waals surface area contributed by atoms with Gasteiger partial charge in [0.15, 0.2) is 0 Å². The highest BCUT2D eigenvalue weighted by Crippen LogP contribution is 2.35. The molecule has 3 atom stereocenters. The first kappa shape index (κ1) is 14.4. The second-order valence-electron chi connectivity index (χ2n) is 5.48. The van der Waals surface area contributed by atoms with Crippen LogP contribution in [0.2, 0.25) is 0 Å². The van der Waals surface area contributed by atoms with E-state index in [-0.39, 0.29) is 6.04 Å². The molecular formula is C16H25NO2. The molecule has 1 heterocycles. The standard InChI is InChI=1S/C16H25NO2/c1-5-14-13(6-7-19-14)15(17)12-8-10(2)16(18-4)11(3)9-12/h8-9,13-15H,5-7,17H2,1-4H3. The van der Waals surface area contributed by atoms with Crippen molar-refractivity contribution in [2.45, 2.75) is 45.8 Å². The lowest BCUT2D eigenvalue weighted by molar-refractivity contribution is 0.0813. The van der Waals surface area contributed by atoms with E-state index in [4.69, 9.17) is 15.2 Å². The Morgan fingerprint density at radius 2 is 2.00 bits per heavy atom. The van der Waals surface area contributed by atoms with E-state index in [1.54, 1.807) is 7.11 Å². The highest BCUT2D eigenvalue weighted by Gasteiger charge is 2.32. The number of ether oxygens (including phenoxy) is 2. The van der Waals surface area contributed by atoms with Gasteiger partial charge in [-0.15, -0.1) is 0 Å². The van der Waals surface area contributed by atoms with Crippen molar-refractivity contribution in [1.82, 2.24) is 0 Å². The Bertz CT molecular complexity index is 421. The van der Waals surface area contributed by atoms with Crippen LogP contribution in [-0.4, -0.2) is 19.8 Å². The van der Waals surface area contributed by atoms with Gasteiger partial charge in [-0.25, -0.2) is 0 Å². The van der Waals surface area contributed by atoms with Gasteiger partial charge in [0.1, 0.15) is 5.75 Å². The van der Waals surface area contributed by atoms with Crippen molar-refractivity contribution in [2.75, 3.05) is 13.7 Å². The molecule has 106 valence electrons. The molecule has 1 aliphatic heterocycles. The van der Waals surface area contributed by atoms with Crippen LogP contribution in [0.3, 0.4) is 0 Å². The fourth-order valence-corrected chi connectivity index (χ4v) is 3.24. The summed E-state index contributed by atoms with van der Waals surface area (Å²) in [6.07, 6.45) is 2.40. The Balaban J connectivity index is 2.26. The van der Waals surface area contributed by atoms with Crippen LogP contribution in [0.1, 0.15) is 42.5 Å². The van der Waals surface area contributed by atoms with E-state index in [0.717, 1.165) is 36.3 Å². The van der Waals surface area contributed by atoms with Crippen molar-refractivity contribution in [3.8, 4) is 5.75 Å². The second kappa shape index (κ2) is 5.93. The molecule has 2 rings (SSSR count). The number of hydrogen-bond acceptors (Lipinski definition) is 3. The van der Waals surface area contributed by atoms with Gasteiger partial charge in [0, 0.05) is 18.6 Å². The first-order chi connectivity index (χ1) is 9.08. The smallest absolute Gasteiger partial charge is 0.124 e. The van der Waals surface area contributed by atoms with Crippen molar-refractivity contribution in [2.24, 2.45) is 11.7 Å². The Morgan fingerprint density at radius 3 is 2.53 bits per heavy atom. The van der Waals surface area contributed by atoms with Gasteiger partial charge in [0.25, 0.3) is 0 Å². The summed E-state index contributed by atoms with van der Waals surface area (Å²) in [5, 5.41) is 0. The zero-order valence-electron chi connectivity index (χ0n) is 12.4. The fourth-order valence-electron chi connectivity index (χ4n) is 3.24. The van der Waals surface area contributed by atoms with Crippen molar-refractivity contribution in [3.63, 3.8) is 0 Å². The number of methoxy groups -OCH3 is 1. The quantitative estimate of drug-likeness (QED) is 0.907. The van der Waals surface area contributed by atoms with E-state index in [9.17, 15) is 0 Å². The summed E-state index contributed by atoms with van der Waals surface area (Å²) in [4.78, 5) is 0. The number of rotatable bonds is 4. The largest absolute Gasteiger partial charge is 0.496 e. The van der Waals surface area contributed by atoms with E-state index >= 15 is 0 Å². The summed E-state index contributed by atoms with van der Waals surface area (Å²) >= 11 is 0. The molecule has 0 bridgehead atoms. The van der Waals surface area contributed by atoms with E-state index in [1.165, 1.54) is 5.56 Å². The summed E-state index contributed by atoms with van der Waals surface area (Å²) in [5.74, 6) is 1.39. The van der Waals surface area contributed by atoms with Crippen LogP contribution < -0.4 is 10.5 Å². The van der Waals surface area contributed by atoms with Crippen LogP contribution >= 0.6 is 0 Å². The molecule has 19 heavy (non-hydrogen) atoms. The summed E-state index contributed by atoms with van der Waals surface area (Å²) in [5.41, 5.74) is 9.98. The molecule has 1 aromatic carbocycles. The van der Waals surface area contributed by atoms with Crippen LogP contribution in [-0.2, 0) is 4.74 Å². The third-order valence-electron chi connectivity index (χ3n) is 4.20. The van der Waals surface area contributed by atoms with E-state index in [1.807, 2.05) is 0 Å². The Morgan fingerprint density at radius 1 is 1.37 bits per heavy atom. The zero-order valence-corrected chi connectivity index (χ0v) is 12.4. The van der Waals surface area contributed by atoms with E-state index < -0.39 is 0 Å². The van der Waals surface area contributed by atoms with Gasteiger partial charge in [-0.1, -0.05) is 19.1 Å². The number of nitrogens with two attached hydrogens (primary N) is 1. The maximum atomic E-state index is 6.47. The molecule has 3 nitrogen and oxygen atoms in total. The third kappa shape index (κ3) is 2.77. The monoisotopic (exact) mass is 263 g/mol. The topological polar surface area (TPSA) is 44.5 Å². The minimum Gasteiger partial charge on any atom is -0.496 e. The van der Waals surface area contributed by atoms with Gasteiger partial charge in [-0.05, 0) is 43.4 Å². The summed E-state index contributed by atoms with van der Waals surface area (Å²) in [6, 6.07) is 4.36. The van der Waals surface area contributed by atoms with Crippen LogP contribution in [0.4, 0.5) is 0 Å². The average Bonchev–Trinajstić information content (AvgIpc) is 2.85. The maximum absolute atomic E-state index is 6.47. The first-order valence-electron chi connectivity index (χ1n) is 7.10. The minimum absolute atomic E-state index is 0.0516. The Kier molecular flexibility index (Phi) is 4.48. The van der Waals surface area contributed by atoms with Crippen molar-refractivity contribution >= 4 is 0 Å². The highest BCUT2D eigenvalue weighted by atomic mass is 16.5. The van der Waals surface area contributed by atoms with Gasteiger partial charge < -0.3 is 15.2 Å². The fraction of sp³-hybridized carbons (Fsp3) is 0.625. The molecule has 0 aliphatic carbocycles. The van der Waals surface area contributed by atoms with Crippen LogP contribution in [0.5, 0.6) is 5.75 Å². The molecule has 1 aromatic rings. The molecule has 1 saturated heterocycles. The summed E-state index contributed by atoms with van der Waals surface area (Å²) < 4.78 is 11.2. The van der Waals surface area contributed by atoms with Gasteiger partial charge in [-0.2, -0.15) is 0 Å². The lowest BCUT2D eigenvalue weighted by Gasteiger charge is -2.25. The lowest BCUT2D eigenvalue weighted by atomic mass is 9.86. The molecule has 3 heteroatoms. The molecule has 3 unspecified atom stereocenters. The number of hydrogen-bond donors (Lipinski definition) is 1. The molecule has 0 amide bonds. The minimum atomic E-state index is 0.0516. The van der Waals surface area contributed by atoms with Crippen LogP contribution in [0, 0.1) is 19.8 Å². The van der Waals surface area contributed by atoms with Crippen LogP contribution in [0.25, 0.3) is 0 Å². The number of benzene rings is 1. The molecule has 0 aromatic heterocycles. The molecule has 0 saturated carbocycles. The number of aryl methyl sites for hydroxylation is 2. The van der Waals surface area contributed by atoms with Gasteiger partial charge >= 0.3 is 0 Å². The van der Waals surface area contributed by atoms with Crippen molar-refractivity contribution in [1.29, 1.82) is 0 Å². The van der Waals surface area contributed by atoms with Gasteiger partial charge in [0.2, 0.25) is 0 Å². The third-order valence-corrected chi connectivity index (χ3v) is 4.20. The molecule has 1 aliphatic rings. The highest BCUT2D eigenvalue weighted by molar-refractivity contribution is 5.44. The molecule has 1 fully saturated rings. The maximum Gasteiger partial charge on any atom is 0.124 e. The van der Waals surface area contributed by atoms with Gasteiger partial charge in [0.05, 0.1) is 13.2 Å². The van der Waals surface area contributed by atoms with Crippen molar-refractivity contribution in [3.05, 3.63) is 28.8 Å². The molecule has 0 radical (unpaired) electrons. The SMILES string of the molecule is CCC1OCCC1C(N)c1cc(C)c(OC)c(C)c1.